The predicted molar refractivity (Wildman–Crippen MR) is 94.8 cm³/mol. The van der Waals surface area contributed by atoms with E-state index in [1.807, 2.05) is 24.1 Å². The van der Waals surface area contributed by atoms with Crippen molar-refractivity contribution < 1.29 is 9.84 Å². The molecule has 3 rings (SSSR count). The van der Waals surface area contributed by atoms with Gasteiger partial charge in [0.25, 0.3) is 0 Å². The molecule has 0 bridgehead atoms. The van der Waals surface area contributed by atoms with E-state index in [9.17, 15) is 5.11 Å². The zero-order chi connectivity index (χ0) is 17.1. The lowest BCUT2D eigenvalue weighted by atomic mass is 10.1. The largest absolute Gasteiger partial charge is 0.507 e. The Morgan fingerprint density at radius 2 is 2.08 bits per heavy atom. The van der Waals surface area contributed by atoms with Crippen molar-refractivity contribution in [2.45, 2.75) is 15.2 Å². The van der Waals surface area contributed by atoms with E-state index in [0.717, 1.165) is 10.1 Å². The van der Waals surface area contributed by atoms with Gasteiger partial charge in [-0.1, -0.05) is 11.8 Å². The number of hydrogen-bond acceptors (Lipinski definition) is 7. The second kappa shape index (κ2) is 7.14. The molecule has 3 aromatic rings. The monoisotopic (exact) mass is 360 g/mol. The van der Waals surface area contributed by atoms with Gasteiger partial charge in [-0.15, -0.1) is 0 Å². The summed E-state index contributed by atoms with van der Waals surface area (Å²) in [6.07, 6.45) is 7.28. The first kappa shape index (κ1) is 16.7. The molecule has 0 atom stereocenters. The number of imidazole rings is 1. The third kappa shape index (κ3) is 3.34. The molecule has 0 saturated heterocycles. The molecule has 0 saturated carbocycles. The Labute approximate surface area is 148 Å². The number of aromatic hydroxyl groups is 1. The zero-order valence-electron chi connectivity index (χ0n) is 13.4. The summed E-state index contributed by atoms with van der Waals surface area (Å²) in [6.45, 7) is 0. The summed E-state index contributed by atoms with van der Waals surface area (Å²) in [5, 5.41) is 11.8. The van der Waals surface area contributed by atoms with E-state index in [-0.39, 0.29) is 5.75 Å². The van der Waals surface area contributed by atoms with Crippen molar-refractivity contribution in [2.75, 3.05) is 13.4 Å². The summed E-state index contributed by atoms with van der Waals surface area (Å²) in [4.78, 5) is 14.1. The van der Waals surface area contributed by atoms with E-state index in [1.54, 1.807) is 37.7 Å². The van der Waals surface area contributed by atoms with E-state index in [1.165, 1.54) is 23.5 Å². The molecule has 0 aliphatic rings. The van der Waals surface area contributed by atoms with E-state index >= 15 is 0 Å². The molecule has 0 aliphatic carbocycles. The fourth-order valence-corrected chi connectivity index (χ4v) is 3.31. The number of aryl methyl sites for hydroxylation is 1. The smallest absolute Gasteiger partial charge is 0.187 e. The first-order valence-corrected chi connectivity index (χ1v) is 9.10. The molecule has 8 heteroatoms. The highest BCUT2D eigenvalue weighted by atomic mass is 32.2. The number of phenolic OH excluding ortho intramolecular Hbond substituents is 1. The van der Waals surface area contributed by atoms with Gasteiger partial charge in [0.05, 0.1) is 17.7 Å². The maximum absolute atomic E-state index is 10.3. The van der Waals surface area contributed by atoms with Crippen molar-refractivity contribution in [1.29, 1.82) is 0 Å². The number of hydrogen-bond donors (Lipinski definition) is 1. The number of ether oxygens (including phenoxy) is 1. The van der Waals surface area contributed by atoms with Crippen LogP contribution < -0.4 is 4.74 Å². The van der Waals surface area contributed by atoms with Crippen LogP contribution in [-0.2, 0) is 7.05 Å². The SMILES string of the molecule is COc1ccc(O)c(-c2nc(SC)ncc2Sc2nccn2C)c1. The first-order chi connectivity index (χ1) is 11.6. The van der Waals surface area contributed by atoms with Crippen LogP contribution >= 0.6 is 23.5 Å². The van der Waals surface area contributed by atoms with Crippen LogP contribution in [0.3, 0.4) is 0 Å². The second-order valence-corrected chi connectivity index (χ2v) is 6.66. The lowest BCUT2D eigenvalue weighted by Gasteiger charge is -2.12. The summed E-state index contributed by atoms with van der Waals surface area (Å²) in [7, 11) is 3.52. The molecule has 1 N–H and O–H groups in total. The van der Waals surface area contributed by atoms with Crippen LogP contribution in [0.15, 0.2) is 52.0 Å². The van der Waals surface area contributed by atoms with Crippen molar-refractivity contribution in [3.8, 4) is 22.8 Å². The number of rotatable bonds is 5. The molecular formula is C16H16N4O2S2. The average Bonchev–Trinajstić information content (AvgIpc) is 3.01. The van der Waals surface area contributed by atoms with Gasteiger partial charge in [0.1, 0.15) is 11.5 Å². The molecular weight excluding hydrogens is 344 g/mol. The lowest BCUT2D eigenvalue weighted by Crippen LogP contribution is -1.96. The Morgan fingerprint density at radius 3 is 2.75 bits per heavy atom. The van der Waals surface area contributed by atoms with Crippen molar-refractivity contribution in [1.82, 2.24) is 19.5 Å². The van der Waals surface area contributed by atoms with Crippen molar-refractivity contribution >= 4 is 23.5 Å². The second-order valence-electron chi connectivity index (χ2n) is 4.88. The van der Waals surface area contributed by atoms with Gasteiger partial charge in [-0.3, -0.25) is 0 Å². The van der Waals surface area contributed by atoms with Crippen LogP contribution in [-0.4, -0.2) is 38.0 Å². The predicted octanol–water partition coefficient (Wildman–Crippen LogP) is 3.46. The van der Waals surface area contributed by atoms with Crippen molar-refractivity contribution in [2.24, 2.45) is 7.05 Å². The Hall–Kier alpha value is -2.19. The molecule has 0 spiro atoms. The van der Waals surface area contributed by atoms with Crippen molar-refractivity contribution in [3.63, 3.8) is 0 Å². The van der Waals surface area contributed by atoms with E-state index in [0.29, 0.717) is 22.2 Å². The fourth-order valence-electron chi connectivity index (χ4n) is 2.10. The third-order valence-electron chi connectivity index (χ3n) is 3.35. The van der Waals surface area contributed by atoms with Gasteiger partial charge in [0.2, 0.25) is 0 Å². The molecule has 0 aliphatic heterocycles. The van der Waals surface area contributed by atoms with Crippen LogP contribution in [0.4, 0.5) is 0 Å². The lowest BCUT2D eigenvalue weighted by molar-refractivity contribution is 0.412. The third-order valence-corrected chi connectivity index (χ3v) is 5.01. The van der Waals surface area contributed by atoms with Gasteiger partial charge in [-0.25, -0.2) is 15.0 Å². The molecule has 124 valence electrons. The molecule has 24 heavy (non-hydrogen) atoms. The Morgan fingerprint density at radius 1 is 1.25 bits per heavy atom. The summed E-state index contributed by atoms with van der Waals surface area (Å²) in [5.74, 6) is 0.795. The minimum atomic E-state index is 0.142. The number of benzene rings is 1. The topological polar surface area (TPSA) is 73.1 Å². The van der Waals surface area contributed by atoms with Gasteiger partial charge in [0, 0.05) is 31.2 Å². The standard InChI is InChI=1S/C16H16N4O2S2/c1-20-7-6-17-16(20)24-13-9-18-15(23-3)19-14(13)11-8-10(22-2)4-5-12(11)21/h4-9,21H,1-3H3. The highest BCUT2D eigenvalue weighted by Crippen LogP contribution is 2.39. The summed E-state index contributed by atoms with van der Waals surface area (Å²) in [6, 6.07) is 5.08. The number of thioether (sulfide) groups is 1. The molecule has 2 heterocycles. The Bertz CT molecular complexity index is 867. The van der Waals surface area contributed by atoms with Gasteiger partial charge >= 0.3 is 0 Å². The Kier molecular flexibility index (Phi) is 4.96. The molecule has 0 unspecified atom stereocenters. The minimum Gasteiger partial charge on any atom is -0.507 e. The molecule has 0 fully saturated rings. The summed E-state index contributed by atoms with van der Waals surface area (Å²) < 4.78 is 7.19. The zero-order valence-corrected chi connectivity index (χ0v) is 15.1. The maximum atomic E-state index is 10.3. The maximum Gasteiger partial charge on any atom is 0.187 e. The average molecular weight is 360 g/mol. The molecule has 0 amide bonds. The van der Waals surface area contributed by atoms with Crippen LogP contribution in [0.2, 0.25) is 0 Å². The van der Waals surface area contributed by atoms with Crippen LogP contribution in [0.25, 0.3) is 11.3 Å². The number of aromatic nitrogens is 4. The van der Waals surface area contributed by atoms with Crippen LogP contribution in [0.1, 0.15) is 0 Å². The van der Waals surface area contributed by atoms with Crippen LogP contribution in [0, 0.1) is 0 Å². The van der Waals surface area contributed by atoms with E-state index in [2.05, 4.69) is 15.0 Å². The first-order valence-electron chi connectivity index (χ1n) is 7.06. The Balaban J connectivity index is 2.13. The quantitative estimate of drug-likeness (QED) is 0.552. The van der Waals surface area contributed by atoms with Crippen LogP contribution in [0.5, 0.6) is 11.5 Å². The highest BCUT2D eigenvalue weighted by Gasteiger charge is 2.16. The van der Waals surface area contributed by atoms with E-state index < -0.39 is 0 Å². The van der Waals surface area contributed by atoms with Gasteiger partial charge < -0.3 is 14.4 Å². The number of phenols is 1. The summed E-state index contributed by atoms with van der Waals surface area (Å²) in [5.41, 5.74) is 1.25. The molecule has 6 nitrogen and oxygen atoms in total. The van der Waals surface area contributed by atoms with E-state index in [4.69, 9.17) is 4.74 Å². The van der Waals surface area contributed by atoms with Crippen molar-refractivity contribution in [3.05, 3.63) is 36.8 Å². The summed E-state index contributed by atoms with van der Waals surface area (Å²) >= 11 is 2.90. The number of nitrogens with zero attached hydrogens (tertiary/aromatic N) is 4. The molecule has 0 radical (unpaired) electrons. The minimum absolute atomic E-state index is 0.142. The highest BCUT2D eigenvalue weighted by molar-refractivity contribution is 7.99. The normalized spacial score (nSPS) is 10.8. The van der Waals surface area contributed by atoms with Gasteiger partial charge in [-0.05, 0) is 36.2 Å². The molecule has 2 aromatic heterocycles. The molecule has 1 aromatic carbocycles. The van der Waals surface area contributed by atoms with Gasteiger partial charge in [0.15, 0.2) is 10.3 Å². The van der Waals surface area contributed by atoms with Gasteiger partial charge in [-0.2, -0.15) is 0 Å². The number of methoxy groups -OCH3 is 1. The fraction of sp³-hybridized carbons (Fsp3) is 0.188.